The second-order valence-electron chi connectivity index (χ2n) is 3.91. The van der Waals surface area contributed by atoms with Crippen molar-refractivity contribution >= 4 is 44.8 Å². The first-order valence-corrected chi connectivity index (χ1v) is 8.07. The summed E-state index contributed by atoms with van der Waals surface area (Å²) in [6, 6.07) is 4.27. The van der Waals surface area contributed by atoms with Crippen molar-refractivity contribution in [3.05, 3.63) is 39.6 Å². The molecule has 8 heteroatoms. The second kappa shape index (κ2) is 6.77. The van der Waals surface area contributed by atoms with Crippen LogP contribution in [0.5, 0.6) is 5.75 Å². The summed E-state index contributed by atoms with van der Waals surface area (Å²) in [6.45, 7) is 2.24. The average molecular weight is 324 g/mol. The molecular weight excluding hydrogens is 312 g/mol. The van der Waals surface area contributed by atoms with Crippen LogP contribution in [-0.4, -0.2) is 27.3 Å². The van der Waals surface area contributed by atoms with E-state index in [1.165, 1.54) is 36.0 Å². The van der Waals surface area contributed by atoms with Gasteiger partial charge in [-0.2, -0.15) is 0 Å². The Kier molecular flexibility index (Phi) is 5.03. The molecule has 0 aliphatic carbocycles. The SMILES string of the molecule is CCOc1ccc([N+](=O)[O-])cc1C=C1N=C(SC)SC1=O. The third-order valence-corrected chi connectivity index (χ3v) is 4.42. The summed E-state index contributed by atoms with van der Waals surface area (Å²) in [5.74, 6) is 0.487. The lowest BCUT2D eigenvalue weighted by Gasteiger charge is -2.07. The molecule has 1 aromatic rings. The fraction of sp³-hybridized carbons (Fsp3) is 0.231. The molecule has 0 unspecified atom stereocenters. The van der Waals surface area contributed by atoms with Gasteiger partial charge >= 0.3 is 0 Å². The van der Waals surface area contributed by atoms with E-state index < -0.39 is 4.92 Å². The summed E-state index contributed by atoms with van der Waals surface area (Å²) < 4.78 is 6.09. The van der Waals surface area contributed by atoms with E-state index in [1.807, 2.05) is 13.2 Å². The lowest BCUT2D eigenvalue weighted by Crippen LogP contribution is -1.97. The molecule has 0 saturated heterocycles. The first kappa shape index (κ1) is 15.6. The monoisotopic (exact) mass is 324 g/mol. The zero-order valence-electron chi connectivity index (χ0n) is 11.4. The topological polar surface area (TPSA) is 81.8 Å². The quantitative estimate of drug-likeness (QED) is 0.480. The molecule has 0 fully saturated rings. The highest BCUT2D eigenvalue weighted by atomic mass is 32.2. The van der Waals surface area contributed by atoms with Crippen LogP contribution in [0, 0.1) is 10.1 Å². The number of carbonyl (C=O) groups excluding carboxylic acids is 1. The maximum Gasteiger partial charge on any atom is 0.270 e. The van der Waals surface area contributed by atoms with Gasteiger partial charge in [0.25, 0.3) is 5.69 Å². The molecule has 1 aliphatic heterocycles. The van der Waals surface area contributed by atoms with Gasteiger partial charge in [-0.3, -0.25) is 14.9 Å². The van der Waals surface area contributed by atoms with Gasteiger partial charge in [0.2, 0.25) is 5.12 Å². The zero-order valence-corrected chi connectivity index (χ0v) is 13.0. The molecule has 6 nitrogen and oxygen atoms in total. The van der Waals surface area contributed by atoms with Crippen molar-refractivity contribution in [1.82, 2.24) is 0 Å². The van der Waals surface area contributed by atoms with E-state index in [-0.39, 0.29) is 16.5 Å². The molecule has 0 aromatic heterocycles. The number of nitro benzene ring substituents is 1. The number of nitro groups is 1. The molecule has 0 radical (unpaired) electrons. The maximum atomic E-state index is 11.8. The Morgan fingerprint density at radius 2 is 2.29 bits per heavy atom. The van der Waals surface area contributed by atoms with Crippen LogP contribution >= 0.6 is 23.5 Å². The van der Waals surface area contributed by atoms with Crippen LogP contribution in [0.1, 0.15) is 12.5 Å². The minimum absolute atomic E-state index is 0.0579. The number of rotatable bonds is 4. The van der Waals surface area contributed by atoms with Gasteiger partial charge in [0.15, 0.2) is 0 Å². The van der Waals surface area contributed by atoms with Gasteiger partial charge in [-0.05, 0) is 37.1 Å². The van der Waals surface area contributed by atoms with E-state index >= 15 is 0 Å². The molecule has 1 aromatic carbocycles. The number of non-ortho nitro benzene ring substituents is 1. The summed E-state index contributed by atoms with van der Waals surface area (Å²) in [6.07, 6.45) is 3.36. The predicted octanol–water partition coefficient (Wildman–Crippen LogP) is 3.33. The van der Waals surface area contributed by atoms with Crippen molar-refractivity contribution in [1.29, 1.82) is 0 Å². The van der Waals surface area contributed by atoms with Crippen molar-refractivity contribution in [3.63, 3.8) is 0 Å². The highest BCUT2D eigenvalue weighted by Gasteiger charge is 2.22. The number of thioether (sulfide) groups is 2. The standard InChI is InChI=1S/C13H12N2O4S2/c1-3-19-11-5-4-9(15(17)18)6-8(11)7-10-12(16)21-13(14-10)20-2/h4-7H,3H2,1-2H3. The van der Waals surface area contributed by atoms with E-state index in [0.717, 1.165) is 11.8 Å². The Morgan fingerprint density at radius 1 is 1.52 bits per heavy atom. The smallest absolute Gasteiger partial charge is 0.270 e. The Labute approximate surface area is 129 Å². The summed E-state index contributed by atoms with van der Waals surface area (Å²) in [7, 11) is 0. The Bertz CT molecular complexity index is 656. The first-order valence-electron chi connectivity index (χ1n) is 6.03. The maximum absolute atomic E-state index is 11.8. The normalized spacial score (nSPS) is 16.2. The Morgan fingerprint density at radius 3 is 2.86 bits per heavy atom. The van der Waals surface area contributed by atoms with Gasteiger partial charge in [-0.25, -0.2) is 4.99 Å². The van der Waals surface area contributed by atoms with Crippen molar-refractivity contribution < 1.29 is 14.5 Å². The number of benzene rings is 1. The minimum Gasteiger partial charge on any atom is -0.493 e. The van der Waals surface area contributed by atoms with Gasteiger partial charge in [0, 0.05) is 17.7 Å². The van der Waals surface area contributed by atoms with Gasteiger partial charge in [0.1, 0.15) is 15.8 Å². The Hall–Kier alpha value is -1.80. The molecule has 0 atom stereocenters. The van der Waals surface area contributed by atoms with Crippen LogP contribution < -0.4 is 4.74 Å². The molecule has 0 bridgehead atoms. The van der Waals surface area contributed by atoms with Gasteiger partial charge in [0.05, 0.1) is 11.5 Å². The van der Waals surface area contributed by atoms with Crippen LogP contribution in [0.25, 0.3) is 6.08 Å². The molecule has 110 valence electrons. The van der Waals surface area contributed by atoms with Crippen molar-refractivity contribution in [2.45, 2.75) is 6.92 Å². The fourth-order valence-electron chi connectivity index (χ4n) is 1.67. The lowest BCUT2D eigenvalue weighted by molar-refractivity contribution is -0.384. The highest BCUT2D eigenvalue weighted by molar-refractivity contribution is 8.45. The molecule has 1 heterocycles. The van der Waals surface area contributed by atoms with E-state index in [0.29, 0.717) is 22.3 Å². The number of hydrogen-bond donors (Lipinski definition) is 0. The minimum atomic E-state index is -0.487. The van der Waals surface area contributed by atoms with Gasteiger partial charge < -0.3 is 4.74 Å². The number of carbonyl (C=O) groups is 1. The number of ether oxygens (including phenoxy) is 1. The summed E-state index contributed by atoms with van der Waals surface area (Å²) in [5.41, 5.74) is 0.685. The molecule has 2 rings (SSSR count). The van der Waals surface area contributed by atoms with Gasteiger partial charge in [-0.15, -0.1) is 11.8 Å². The predicted molar refractivity (Wildman–Crippen MR) is 85.8 cm³/mol. The fourth-order valence-corrected chi connectivity index (χ4v) is 2.94. The van der Waals surface area contributed by atoms with E-state index in [4.69, 9.17) is 4.74 Å². The van der Waals surface area contributed by atoms with E-state index in [1.54, 1.807) is 0 Å². The molecular formula is C13H12N2O4S2. The van der Waals surface area contributed by atoms with Gasteiger partial charge in [-0.1, -0.05) is 0 Å². The van der Waals surface area contributed by atoms with Crippen LogP contribution in [0.2, 0.25) is 0 Å². The molecule has 0 amide bonds. The third-order valence-electron chi connectivity index (χ3n) is 2.57. The summed E-state index contributed by atoms with van der Waals surface area (Å²) >= 11 is 2.44. The van der Waals surface area contributed by atoms with Crippen molar-refractivity contribution in [2.75, 3.05) is 12.9 Å². The van der Waals surface area contributed by atoms with Crippen LogP contribution in [0.3, 0.4) is 0 Å². The second-order valence-corrected chi connectivity index (χ2v) is 5.93. The van der Waals surface area contributed by atoms with Crippen LogP contribution in [-0.2, 0) is 4.79 Å². The Balaban J connectivity index is 2.46. The summed E-state index contributed by atoms with van der Waals surface area (Å²) in [4.78, 5) is 26.4. The highest BCUT2D eigenvalue weighted by Crippen LogP contribution is 2.32. The molecule has 0 N–H and O–H groups in total. The zero-order chi connectivity index (χ0) is 15.4. The lowest BCUT2D eigenvalue weighted by atomic mass is 10.1. The first-order chi connectivity index (χ1) is 10.0. The number of nitrogens with zero attached hydrogens (tertiary/aromatic N) is 2. The largest absolute Gasteiger partial charge is 0.493 e. The molecule has 1 aliphatic rings. The summed E-state index contributed by atoms with van der Waals surface area (Å²) in [5, 5.41) is 10.7. The van der Waals surface area contributed by atoms with Crippen molar-refractivity contribution in [3.8, 4) is 5.75 Å². The molecule has 0 saturated carbocycles. The third kappa shape index (κ3) is 3.64. The molecule has 21 heavy (non-hydrogen) atoms. The van der Waals surface area contributed by atoms with E-state index in [9.17, 15) is 14.9 Å². The number of hydrogen-bond acceptors (Lipinski definition) is 7. The molecule has 0 spiro atoms. The van der Waals surface area contributed by atoms with Crippen LogP contribution in [0.4, 0.5) is 5.69 Å². The number of aliphatic imine (C=N–C) groups is 1. The van der Waals surface area contributed by atoms with Crippen LogP contribution in [0.15, 0.2) is 28.9 Å². The van der Waals surface area contributed by atoms with Crippen molar-refractivity contribution in [2.24, 2.45) is 4.99 Å². The average Bonchev–Trinajstić information content (AvgIpc) is 2.81. The van der Waals surface area contributed by atoms with E-state index in [2.05, 4.69) is 4.99 Å².